The first-order valence-corrected chi connectivity index (χ1v) is 10.2. The minimum atomic E-state index is -0.141. The lowest BCUT2D eigenvalue weighted by atomic mass is 9.87. The zero-order valence-corrected chi connectivity index (χ0v) is 16.2. The zero-order valence-electron chi connectivity index (χ0n) is 16.2. The van der Waals surface area contributed by atoms with Gasteiger partial charge in [0.15, 0.2) is 0 Å². The Morgan fingerprint density at radius 2 is 2.04 bits per heavy atom. The minimum Gasteiger partial charge on any atom is -0.381 e. The highest BCUT2D eigenvalue weighted by molar-refractivity contribution is 5.92. The molecule has 0 aliphatic carbocycles. The number of hydrogen-bond donors (Lipinski definition) is 1. The molecule has 2 aliphatic heterocycles. The molecule has 2 saturated heterocycles. The van der Waals surface area contributed by atoms with Crippen molar-refractivity contribution in [2.45, 2.75) is 25.3 Å². The van der Waals surface area contributed by atoms with E-state index < -0.39 is 0 Å². The molecule has 6 heteroatoms. The van der Waals surface area contributed by atoms with E-state index in [2.05, 4.69) is 20.2 Å². The quantitative estimate of drug-likeness (QED) is 0.835. The summed E-state index contributed by atoms with van der Waals surface area (Å²) in [7, 11) is 0. The number of carbonyl (C=O) groups is 1. The summed E-state index contributed by atoms with van der Waals surface area (Å²) in [6, 6.07) is 11.2. The number of ether oxygens (including phenoxy) is 1. The van der Waals surface area contributed by atoms with Crippen molar-refractivity contribution in [2.24, 2.45) is 11.8 Å². The van der Waals surface area contributed by atoms with Crippen LogP contribution in [0.2, 0.25) is 0 Å². The number of hydrogen-bond acceptors (Lipinski definition) is 5. The first-order valence-electron chi connectivity index (χ1n) is 10.2. The van der Waals surface area contributed by atoms with Gasteiger partial charge in [0.05, 0.1) is 18.3 Å². The lowest BCUT2D eigenvalue weighted by Gasteiger charge is -2.38. The van der Waals surface area contributed by atoms with Gasteiger partial charge in [0.2, 0.25) is 0 Å². The number of amides is 1. The maximum Gasteiger partial charge on any atom is 0.270 e. The molecule has 4 heterocycles. The highest BCUT2D eigenvalue weighted by Crippen LogP contribution is 2.30. The largest absolute Gasteiger partial charge is 0.381 e. The van der Waals surface area contributed by atoms with Crippen LogP contribution in [0.25, 0.3) is 0 Å². The topological polar surface area (TPSA) is 67.4 Å². The van der Waals surface area contributed by atoms with Crippen LogP contribution >= 0.6 is 0 Å². The number of piperidine rings is 1. The van der Waals surface area contributed by atoms with Gasteiger partial charge < -0.3 is 15.0 Å². The van der Waals surface area contributed by atoms with Crippen molar-refractivity contribution in [3.8, 4) is 0 Å². The fourth-order valence-corrected chi connectivity index (χ4v) is 4.33. The van der Waals surface area contributed by atoms with E-state index in [4.69, 9.17) is 4.74 Å². The molecule has 2 aromatic heterocycles. The third kappa shape index (κ3) is 4.75. The van der Waals surface area contributed by atoms with Gasteiger partial charge in [-0.15, -0.1) is 0 Å². The third-order valence-electron chi connectivity index (χ3n) is 5.74. The molecule has 1 N–H and O–H groups in total. The van der Waals surface area contributed by atoms with Crippen LogP contribution < -0.4 is 5.32 Å². The summed E-state index contributed by atoms with van der Waals surface area (Å²) in [6.45, 7) is 4.94. The Morgan fingerprint density at radius 3 is 2.75 bits per heavy atom. The predicted octanol–water partition coefficient (Wildman–Crippen LogP) is 2.70. The first kappa shape index (κ1) is 19.0. The highest BCUT2D eigenvalue weighted by atomic mass is 16.5. The van der Waals surface area contributed by atoms with Crippen molar-refractivity contribution in [3.63, 3.8) is 0 Å². The maximum atomic E-state index is 12.8. The molecule has 1 amide bonds. The van der Waals surface area contributed by atoms with Gasteiger partial charge in [-0.25, -0.2) is 0 Å². The van der Waals surface area contributed by atoms with Crippen molar-refractivity contribution in [2.75, 3.05) is 32.8 Å². The van der Waals surface area contributed by atoms with E-state index in [0.717, 1.165) is 57.8 Å². The Labute approximate surface area is 166 Å². The Morgan fingerprint density at radius 1 is 1.18 bits per heavy atom. The van der Waals surface area contributed by atoms with Gasteiger partial charge >= 0.3 is 0 Å². The zero-order chi connectivity index (χ0) is 19.2. The highest BCUT2D eigenvalue weighted by Gasteiger charge is 2.32. The van der Waals surface area contributed by atoms with Crippen molar-refractivity contribution < 1.29 is 9.53 Å². The molecule has 0 unspecified atom stereocenters. The van der Waals surface area contributed by atoms with Gasteiger partial charge in [-0.1, -0.05) is 12.1 Å². The minimum absolute atomic E-state index is 0.113. The van der Waals surface area contributed by atoms with Crippen LogP contribution in [0.4, 0.5) is 0 Å². The normalized spacial score (nSPS) is 24.0. The summed E-state index contributed by atoms with van der Waals surface area (Å²) >= 11 is 0. The van der Waals surface area contributed by atoms with Crippen LogP contribution in [0.1, 0.15) is 41.5 Å². The summed E-state index contributed by atoms with van der Waals surface area (Å²) in [5.74, 6) is 0.825. The number of pyridine rings is 2. The van der Waals surface area contributed by atoms with E-state index in [1.54, 1.807) is 18.5 Å². The molecular weight excluding hydrogens is 352 g/mol. The fourth-order valence-electron chi connectivity index (χ4n) is 4.33. The van der Waals surface area contributed by atoms with Gasteiger partial charge in [0.1, 0.15) is 5.69 Å². The van der Waals surface area contributed by atoms with Gasteiger partial charge in [0.25, 0.3) is 5.91 Å². The van der Waals surface area contributed by atoms with Crippen molar-refractivity contribution in [1.29, 1.82) is 0 Å². The molecule has 0 aromatic carbocycles. The molecule has 6 nitrogen and oxygen atoms in total. The molecule has 0 radical (unpaired) electrons. The molecule has 2 aliphatic rings. The second-order valence-corrected chi connectivity index (χ2v) is 7.81. The Hall–Kier alpha value is -2.31. The standard InChI is InChI=1S/C22H28N4O2/c27-22(20-8-2-4-11-24-20)25-21(19-7-1-3-10-23-19)18-6-5-12-26(15-18)14-17-9-13-28-16-17/h1-4,7-8,10-11,17-18,21H,5-6,9,12-16H2,(H,25,27)/t17-,18+,21+/m0/s1. The average molecular weight is 380 g/mol. The van der Waals surface area contributed by atoms with E-state index in [1.165, 1.54) is 0 Å². The summed E-state index contributed by atoms with van der Waals surface area (Å²) in [5, 5.41) is 3.22. The van der Waals surface area contributed by atoms with Crippen LogP contribution in [0.15, 0.2) is 48.8 Å². The summed E-state index contributed by atoms with van der Waals surface area (Å²) in [5.41, 5.74) is 1.36. The lowest BCUT2D eigenvalue weighted by molar-refractivity contribution is 0.0856. The van der Waals surface area contributed by atoms with Crippen LogP contribution in [0.3, 0.4) is 0 Å². The molecule has 0 spiro atoms. The average Bonchev–Trinajstić information content (AvgIpc) is 3.26. The van der Waals surface area contributed by atoms with Gasteiger partial charge in [-0.05, 0) is 61.9 Å². The molecule has 28 heavy (non-hydrogen) atoms. The van der Waals surface area contributed by atoms with Crippen molar-refractivity contribution >= 4 is 5.91 Å². The first-order chi connectivity index (χ1) is 13.8. The number of nitrogens with zero attached hydrogens (tertiary/aromatic N) is 3. The van der Waals surface area contributed by atoms with Gasteiger partial charge in [-0.2, -0.15) is 0 Å². The van der Waals surface area contributed by atoms with Crippen LogP contribution in [0, 0.1) is 11.8 Å². The van der Waals surface area contributed by atoms with Crippen LogP contribution in [-0.2, 0) is 4.74 Å². The van der Waals surface area contributed by atoms with E-state index in [9.17, 15) is 4.79 Å². The number of carbonyl (C=O) groups excluding carboxylic acids is 1. The molecule has 0 bridgehead atoms. The smallest absolute Gasteiger partial charge is 0.270 e. The number of nitrogens with one attached hydrogen (secondary N) is 1. The summed E-state index contributed by atoms with van der Waals surface area (Å²) < 4.78 is 5.54. The Balaban J connectivity index is 1.49. The Kier molecular flexibility index (Phi) is 6.29. The Bertz CT molecular complexity index is 750. The van der Waals surface area contributed by atoms with Gasteiger partial charge in [0, 0.05) is 32.1 Å². The predicted molar refractivity (Wildman–Crippen MR) is 107 cm³/mol. The number of likely N-dealkylation sites (tertiary alicyclic amines) is 1. The lowest BCUT2D eigenvalue weighted by Crippen LogP contribution is -2.44. The van der Waals surface area contributed by atoms with Crippen LogP contribution in [-0.4, -0.2) is 53.6 Å². The number of rotatable bonds is 6. The number of aromatic nitrogens is 2. The monoisotopic (exact) mass is 380 g/mol. The maximum absolute atomic E-state index is 12.8. The second-order valence-electron chi connectivity index (χ2n) is 7.81. The van der Waals surface area contributed by atoms with E-state index >= 15 is 0 Å². The van der Waals surface area contributed by atoms with E-state index in [0.29, 0.717) is 17.5 Å². The van der Waals surface area contributed by atoms with Crippen molar-refractivity contribution in [3.05, 3.63) is 60.2 Å². The molecule has 3 atom stereocenters. The van der Waals surface area contributed by atoms with Crippen molar-refractivity contribution in [1.82, 2.24) is 20.2 Å². The molecule has 0 saturated carbocycles. The fraction of sp³-hybridized carbons (Fsp3) is 0.500. The second kappa shape index (κ2) is 9.26. The third-order valence-corrected chi connectivity index (χ3v) is 5.74. The van der Waals surface area contributed by atoms with Gasteiger partial charge in [-0.3, -0.25) is 14.8 Å². The molecule has 2 fully saturated rings. The summed E-state index contributed by atoms with van der Waals surface area (Å²) in [6.07, 6.45) is 6.83. The molecule has 2 aromatic rings. The summed E-state index contributed by atoms with van der Waals surface area (Å²) in [4.78, 5) is 24.1. The molecule has 148 valence electrons. The SMILES string of the molecule is O=C(N[C@@H](c1ccccn1)[C@@H]1CCCN(C[C@@H]2CCOC2)C1)c1ccccn1. The van der Waals surface area contributed by atoms with E-state index in [-0.39, 0.29) is 11.9 Å². The molecular formula is C22H28N4O2. The molecule has 4 rings (SSSR count). The van der Waals surface area contributed by atoms with Crippen LogP contribution in [0.5, 0.6) is 0 Å². The van der Waals surface area contributed by atoms with E-state index in [1.807, 2.05) is 30.3 Å².